The predicted molar refractivity (Wildman–Crippen MR) is 97.7 cm³/mol. The number of anilines is 2. The number of nitrogens with zero attached hydrogens (tertiary/aromatic N) is 2. The Morgan fingerprint density at radius 3 is 2.54 bits per heavy atom. The molecule has 0 saturated heterocycles. The first-order chi connectivity index (χ1) is 11.6. The minimum atomic E-state index is -0.436. The summed E-state index contributed by atoms with van der Waals surface area (Å²) in [7, 11) is 0. The summed E-state index contributed by atoms with van der Waals surface area (Å²) < 4.78 is 0. The Labute approximate surface area is 144 Å². The van der Waals surface area contributed by atoms with Gasteiger partial charge in [0.2, 0.25) is 5.91 Å². The maximum Gasteiger partial charge on any atom is 0.248 e. The first kappa shape index (κ1) is 16.1. The third kappa shape index (κ3) is 3.28. The van der Waals surface area contributed by atoms with Crippen LogP contribution in [0.25, 0.3) is 10.7 Å². The van der Waals surface area contributed by atoms with E-state index < -0.39 is 5.91 Å². The summed E-state index contributed by atoms with van der Waals surface area (Å²) in [6.07, 6.45) is 0.832. The molecule has 24 heavy (non-hydrogen) atoms. The third-order valence-corrected chi connectivity index (χ3v) is 4.61. The highest BCUT2D eigenvalue weighted by Gasteiger charge is 2.12. The molecule has 0 unspecified atom stereocenters. The average Bonchev–Trinajstić information content (AvgIpc) is 3.09. The number of nitrogens with one attached hydrogen (secondary N) is 1. The van der Waals surface area contributed by atoms with Gasteiger partial charge in [-0.15, -0.1) is 11.3 Å². The molecular weight excluding hydrogens is 320 g/mol. The first-order valence-electron chi connectivity index (χ1n) is 7.66. The van der Waals surface area contributed by atoms with Gasteiger partial charge in [0.15, 0.2) is 5.82 Å². The van der Waals surface area contributed by atoms with Crippen molar-refractivity contribution in [3.63, 3.8) is 0 Å². The zero-order chi connectivity index (χ0) is 17.1. The Bertz CT molecular complexity index is 857. The lowest BCUT2D eigenvalue weighted by atomic mass is 10.1. The van der Waals surface area contributed by atoms with Crippen LogP contribution in [0.2, 0.25) is 0 Å². The second-order valence-electron chi connectivity index (χ2n) is 5.36. The monoisotopic (exact) mass is 338 g/mol. The van der Waals surface area contributed by atoms with Crippen molar-refractivity contribution in [2.45, 2.75) is 20.3 Å². The summed E-state index contributed by atoms with van der Waals surface area (Å²) in [5.74, 6) is 1.07. The van der Waals surface area contributed by atoms with Gasteiger partial charge in [0.05, 0.1) is 4.88 Å². The summed E-state index contributed by atoms with van der Waals surface area (Å²) in [4.78, 5) is 21.5. The van der Waals surface area contributed by atoms with Crippen molar-refractivity contribution < 1.29 is 4.79 Å². The molecule has 0 atom stereocenters. The number of amides is 1. The largest absolute Gasteiger partial charge is 0.366 e. The fourth-order valence-electron chi connectivity index (χ4n) is 2.49. The van der Waals surface area contributed by atoms with Crippen LogP contribution in [0.3, 0.4) is 0 Å². The van der Waals surface area contributed by atoms with Crippen molar-refractivity contribution in [2.75, 3.05) is 5.32 Å². The molecule has 6 heteroatoms. The van der Waals surface area contributed by atoms with Crippen LogP contribution in [-0.2, 0) is 6.42 Å². The molecule has 0 aliphatic heterocycles. The molecule has 0 fully saturated rings. The van der Waals surface area contributed by atoms with Gasteiger partial charge in [0, 0.05) is 22.5 Å². The second-order valence-corrected chi connectivity index (χ2v) is 6.30. The van der Waals surface area contributed by atoms with Gasteiger partial charge in [0.1, 0.15) is 5.82 Å². The lowest BCUT2D eigenvalue weighted by Gasteiger charge is -2.13. The van der Waals surface area contributed by atoms with Crippen molar-refractivity contribution in [2.24, 2.45) is 5.73 Å². The number of primary amides is 1. The number of rotatable bonds is 5. The number of carbonyl (C=O) groups is 1. The van der Waals surface area contributed by atoms with E-state index in [0.717, 1.165) is 39.9 Å². The van der Waals surface area contributed by atoms with E-state index in [-0.39, 0.29) is 0 Å². The van der Waals surface area contributed by atoms with E-state index in [0.29, 0.717) is 5.56 Å². The number of aromatic nitrogens is 2. The zero-order valence-electron chi connectivity index (χ0n) is 13.5. The number of thiophene rings is 1. The van der Waals surface area contributed by atoms with E-state index in [9.17, 15) is 4.79 Å². The SMILES string of the molecule is CCc1c(C)nc(-c2cccs2)nc1Nc1ccc(C(N)=O)cc1. The van der Waals surface area contributed by atoms with E-state index in [1.54, 1.807) is 23.5 Å². The molecule has 1 aromatic carbocycles. The van der Waals surface area contributed by atoms with Crippen molar-refractivity contribution in [1.29, 1.82) is 0 Å². The van der Waals surface area contributed by atoms with Gasteiger partial charge in [-0.05, 0) is 49.1 Å². The van der Waals surface area contributed by atoms with Gasteiger partial charge in [-0.3, -0.25) is 4.79 Å². The van der Waals surface area contributed by atoms with Crippen LogP contribution in [0.1, 0.15) is 28.5 Å². The molecule has 1 amide bonds. The third-order valence-electron chi connectivity index (χ3n) is 3.74. The van der Waals surface area contributed by atoms with Gasteiger partial charge in [-0.1, -0.05) is 13.0 Å². The zero-order valence-corrected chi connectivity index (χ0v) is 14.4. The molecule has 2 heterocycles. The van der Waals surface area contributed by atoms with E-state index >= 15 is 0 Å². The fourth-order valence-corrected chi connectivity index (χ4v) is 3.15. The Morgan fingerprint density at radius 2 is 1.96 bits per heavy atom. The minimum Gasteiger partial charge on any atom is -0.366 e. The Hall–Kier alpha value is -2.73. The Morgan fingerprint density at radius 1 is 1.21 bits per heavy atom. The van der Waals surface area contributed by atoms with Crippen LogP contribution < -0.4 is 11.1 Å². The molecule has 0 aliphatic carbocycles. The molecule has 0 aliphatic rings. The van der Waals surface area contributed by atoms with Crippen LogP contribution in [0.5, 0.6) is 0 Å². The first-order valence-corrected chi connectivity index (χ1v) is 8.54. The average molecular weight is 338 g/mol. The summed E-state index contributed by atoms with van der Waals surface area (Å²) in [5, 5.41) is 5.35. The summed E-state index contributed by atoms with van der Waals surface area (Å²) in [6.45, 7) is 4.08. The predicted octanol–water partition coefficient (Wildman–Crippen LogP) is 3.92. The number of aryl methyl sites for hydroxylation is 1. The maximum absolute atomic E-state index is 11.2. The molecule has 3 N–H and O–H groups in total. The lowest BCUT2D eigenvalue weighted by Crippen LogP contribution is -2.10. The van der Waals surface area contributed by atoms with E-state index in [1.165, 1.54) is 0 Å². The van der Waals surface area contributed by atoms with Gasteiger partial charge >= 0.3 is 0 Å². The smallest absolute Gasteiger partial charge is 0.248 e. The van der Waals surface area contributed by atoms with Crippen molar-refractivity contribution in [3.05, 3.63) is 58.6 Å². The number of hydrogen-bond acceptors (Lipinski definition) is 5. The number of hydrogen-bond donors (Lipinski definition) is 2. The van der Waals surface area contributed by atoms with Gasteiger partial charge in [-0.25, -0.2) is 9.97 Å². The fraction of sp³-hybridized carbons (Fsp3) is 0.167. The van der Waals surface area contributed by atoms with Crippen LogP contribution >= 0.6 is 11.3 Å². The van der Waals surface area contributed by atoms with Crippen LogP contribution in [0, 0.1) is 6.92 Å². The number of carbonyl (C=O) groups excluding carboxylic acids is 1. The molecule has 0 bridgehead atoms. The highest BCUT2D eigenvalue weighted by atomic mass is 32.1. The van der Waals surface area contributed by atoms with Crippen LogP contribution in [0.4, 0.5) is 11.5 Å². The second kappa shape index (κ2) is 6.80. The molecule has 5 nitrogen and oxygen atoms in total. The van der Waals surface area contributed by atoms with Crippen molar-refractivity contribution in [3.8, 4) is 10.7 Å². The Kier molecular flexibility index (Phi) is 4.57. The molecule has 0 saturated carbocycles. The number of benzene rings is 1. The van der Waals surface area contributed by atoms with Crippen LogP contribution in [0.15, 0.2) is 41.8 Å². The van der Waals surface area contributed by atoms with Crippen molar-refractivity contribution in [1.82, 2.24) is 9.97 Å². The highest BCUT2D eigenvalue weighted by Crippen LogP contribution is 2.27. The topological polar surface area (TPSA) is 80.9 Å². The van der Waals surface area contributed by atoms with Gasteiger partial charge < -0.3 is 11.1 Å². The highest BCUT2D eigenvalue weighted by molar-refractivity contribution is 7.13. The molecule has 2 aromatic heterocycles. The number of nitrogens with two attached hydrogens (primary N) is 1. The van der Waals surface area contributed by atoms with Crippen LogP contribution in [-0.4, -0.2) is 15.9 Å². The Balaban J connectivity index is 1.98. The molecule has 3 aromatic rings. The standard InChI is InChI=1S/C18H18N4OS/c1-3-14-11(2)20-18(15-5-4-10-24-15)22-17(14)21-13-8-6-12(7-9-13)16(19)23/h4-10H,3H2,1-2H3,(H2,19,23)(H,20,21,22). The molecule has 0 spiro atoms. The summed E-state index contributed by atoms with van der Waals surface area (Å²) in [6, 6.07) is 11.0. The van der Waals surface area contributed by atoms with Crippen molar-refractivity contribution >= 4 is 28.7 Å². The molecule has 3 rings (SSSR count). The van der Waals surface area contributed by atoms with Gasteiger partial charge in [0.25, 0.3) is 0 Å². The summed E-state index contributed by atoms with van der Waals surface area (Å²) in [5.41, 5.74) is 8.65. The molecule has 0 radical (unpaired) electrons. The molecular formula is C18H18N4OS. The normalized spacial score (nSPS) is 10.6. The quantitative estimate of drug-likeness (QED) is 0.739. The van der Waals surface area contributed by atoms with E-state index in [4.69, 9.17) is 10.7 Å². The molecule has 122 valence electrons. The summed E-state index contributed by atoms with van der Waals surface area (Å²) >= 11 is 1.61. The van der Waals surface area contributed by atoms with E-state index in [2.05, 4.69) is 17.2 Å². The van der Waals surface area contributed by atoms with E-state index in [1.807, 2.05) is 36.6 Å². The minimum absolute atomic E-state index is 0.436. The lowest BCUT2D eigenvalue weighted by molar-refractivity contribution is 0.100. The van der Waals surface area contributed by atoms with Gasteiger partial charge in [-0.2, -0.15) is 0 Å². The maximum atomic E-state index is 11.2.